The Bertz CT molecular complexity index is 635. The molecule has 0 fully saturated rings. The predicted octanol–water partition coefficient (Wildman–Crippen LogP) is 1.93. The monoisotopic (exact) mass is 303 g/mol. The van der Waals surface area contributed by atoms with Gasteiger partial charge in [-0.2, -0.15) is 5.10 Å². The van der Waals surface area contributed by atoms with Crippen molar-refractivity contribution < 1.29 is 14.6 Å². The summed E-state index contributed by atoms with van der Waals surface area (Å²) in [7, 11) is 0. The van der Waals surface area contributed by atoms with E-state index in [0.717, 1.165) is 5.82 Å². The van der Waals surface area contributed by atoms with Crippen molar-refractivity contribution in [2.75, 3.05) is 6.61 Å². The predicted molar refractivity (Wildman–Crippen MR) is 82.1 cm³/mol. The number of aromatic nitrogens is 3. The number of ether oxygens (including phenoxy) is 1. The van der Waals surface area contributed by atoms with Gasteiger partial charge in [-0.05, 0) is 38.1 Å². The van der Waals surface area contributed by atoms with Gasteiger partial charge in [0.1, 0.15) is 30.1 Å². The molecular weight excluding hydrogens is 282 g/mol. The summed E-state index contributed by atoms with van der Waals surface area (Å²) in [6.07, 6.45) is -0.202. The first-order valence-corrected chi connectivity index (χ1v) is 7.31. The summed E-state index contributed by atoms with van der Waals surface area (Å²) >= 11 is 0. The highest BCUT2D eigenvalue weighted by Gasteiger charge is 2.11. The van der Waals surface area contributed by atoms with Crippen LogP contribution in [0.25, 0.3) is 0 Å². The molecule has 0 saturated carbocycles. The third-order valence-electron chi connectivity index (χ3n) is 3.29. The number of benzene rings is 1. The topological polar surface area (TPSA) is 77.2 Å². The Balaban J connectivity index is 1.87. The van der Waals surface area contributed by atoms with Crippen molar-refractivity contribution in [2.24, 2.45) is 0 Å². The number of carbonyl (C=O) groups is 1. The van der Waals surface area contributed by atoms with Crippen molar-refractivity contribution in [3.63, 3.8) is 0 Å². The minimum Gasteiger partial charge on any atom is -0.491 e. The van der Waals surface area contributed by atoms with Gasteiger partial charge in [0.25, 0.3) is 0 Å². The standard InChI is InChI=1S/C16H21N3O3/c1-4-16(21)13-5-7-15(8-6-13)22-10-14(20)9-19-12(3)17-11(2)18-19/h5-8,14,20H,4,9-10H2,1-3H3/t14-/m0/s1. The number of aryl methyl sites for hydroxylation is 2. The summed E-state index contributed by atoms with van der Waals surface area (Å²) in [5.41, 5.74) is 0.670. The highest BCUT2D eigenvalue weighted by Crippen LogP contribution is 2.14. The van der Waals surface area contributed by atoms with Crippen LogP contribution in [-0.2, 0) is 6.54 Å². The Morgan fingerprint density at radius 2 is 2.00 bits per heavy atom. The van der Waals surface area contributed by atoms with E-state index in [-0.39, 0.29) is 12.4 Å². The van der Waals surface area contributed by atoms with Gasteiger partial charge in [0.15, 0.2) is 5.78 Å². The molecule has 0 radical (unpaired) electrons. The summed E-state index contributed by atoms with van der Waals surface area (Å²) in [4.78, 5) is 15.7. The van der Waals surface area contributed by atoms with E-state index in [4.69, 9.17) is 4.74 Å². The molecule has 6 heteroatoms. The van der Waals surface area contributed by atoms with Crippen LogP contribution in [0, 0.1) is 13.8 Å². The normalized spacial score (nSPS) is 12.2. The maximum absolute atomic E-state index is 11.5. The second-order valence-electron chi connectivity index (χ2n) is 5.15. The van der Waals surface area contributed by atoms with Crippen LogP contribution in [0.5, 0.6) is 5.75 Å². The van der Waals surface area contributed by atoms with Gasteiger partial charge in [0, 0.05) is 12.0 Å². The van der Waals surface area contributed by atoms with Crippen LogP contribution in [-0.4, -0.2) is 38.4 Å². The van der Waals surface area contributed by atoms with Crippen LogP contribution >= 0.6 is 0 Å². The molecule has 0 aliphatic rings. The van der Waals surface area contributed by atoms with E-state index in [2.05, 4.69) is 10.1 Å². The molecule has 0 amide bonds. The zero-order chi connectivity index (χ0) is 16.1. The third-order valence-corrected chi connectivity index (χ3v) is 3.29. The van der Waals surface area contributed by atoms with Crippen molar-refractivity contribution in [1.29, 1.82) is 0 Å². The highest BCUT2D eigenvalue weighted by atomic mass is 16.5. The molecule has 0 saturated heterocycles. The Morgan fingerprint density at radius 1 is 1.32 bits per heavy atom. The zero-order valence-corrected chi connectivity index (χ0v) is 13.1. The Labute approximate surface area is 129 Å². The van der Waals surface area contributed by atoms with E-state index in [9.17, 15) is 9.90 Å². The minimum absolute atomic E-state index is 0.101. The van der Waals surface area contributed by atoms with E-state index < -0.39 is 6.10 Å². The van der Waals surface area contributed by atoms with Crippen LogP contribution in [0.15, 0.2) is 24.3 Å². The van der Waals surface area contributed by atoms with Crippen molar-refractivity contribution in [3.05, 3.63) is 41.5 Å². The fourth-order valence-electron chi connectivity index (χ4n) is 2.12. The molecular formula is C16H21N3O3. The first-order valence-electron chi connectivity index (χ1n) is 7.31. The number of hydrogen-bond acceptors (Lipinski definition) is 5. The second-order valence-corrected chi connectivity index (χ2v) is 5.15. The van der Waals surface area contributed by atoms with Crippen molar-refractivity contribution in [1.82, 2.24) is 14.8 Å². The summed E-state index contributed by atoms with van der Waals surface area (Å²) in [5.74, 6) is 2.17. The van der Waals surface area contributed by atoms with Crippen LogP contribution in [0.1, 0.15) is 35.4 Å². The van der Waals surface area contributed by atoms with E-state index in [1.54, 1.807) is 28.9 Å². The molecule has 1 aromatic carbocycles. The second kappa shape index (κ2) is 7.17. The van der Waals surface area contributed by atoms with Gasteiger partial charge in [-0.1, -0.05) is 6.92 Å². The van der Waals surface area contributed by atoms with Gasteiger partial charge in [0.05, 0.1) is 6.54 Å². The van der Waals surface area contributed by atoms with E-state index in [1.807, 2.05) is 20.8 Å². The number of aliphatic hydroxyl groups excluding tert-OH is 1. The van der Waals surface area contributed by atoms with Gasteiger partial charge in [-0.3, -0.25) is 4.79 Å². The summed E-state index contributed by atoms with van der Waals surface area (Å²) < 4.78 is 7.19. The number of ketones is 1. The maximum Gasteiger partial charge on any atom is 0.162 e. The molecule has 118 valence electrons. The number of nitrogens with zero attached hydrogens (tertiary/aromatic N) is 3. The number of Topliss-reactive ketones (excluding diaryl/α,β-unsaturated/α-hetero) is 1. The maximum atomic E-state index is 11.5. The summed E-state index contributed by atoms with van der Waals surface area (Å²) in [5, 5.41) is 14.2. The average molecular weight is 303 g/mol. The first-order chi connectivity index (χ1) is 10.5. The zero-order valence-electron chi connectivity index (χ0n) is 13.1. The lowest BCUT2D eigenvalue weighted by Gasteiger charge is -2.13. The summed E-state index contributed by atoms with van der Waals surface area (Å²) in [6.45, 7) is 5.97. The molecule has 0 unspecified atom stereocenters. The van der Waals surface area contributed by atoms with E-state index in [0.29, 0.717) is 30.1 Å². The molecule has 2 rings (SSSR count). The first kappa shape index (κ1) is 16.2. The van der Waals surface area contributed by atoms with Gasteiger partial charge in [-0.25, -0.2) is 9.67 Å². The Kier molecular flexibility index (Phi) is 5.27. The molecule has 22 heavy (non-hydrogen) atoms. The molecule has 6 nitrogen and oxygen atoms in total. The fourth-order valence-corrected chi connectivity index (χ4v) is 2.12. The molecule has 1 heterocycles. The molecule has 2 aromatic rings. The van der Waals surface area contributed by atoms with Crippen LogP contribution in [0.2, 0.25) is 0 Å². The van der Waals surface area contributed by atoms with E-state index >= 15 is 0 Å². The molecule has 0 spiro atoms. The summed E-state index contributed by atoms with van der Waals surface area (Å²) in [6, 6.07) is 6.94. The van der Waals surface area contributed by atoms with Gasteiger partial charge >= 0.3 is 0 Å². The minimum atomic E-state index is -0.684. The Morgan fingerprint density at radius 3 is 2.55 bits per heavy atom. The smallest absolute Gasteiger partial charge is 0.162 e. The lowest BCUT2D eigenvalue weighted by Crippen LogP contribution is -2.24. The van der Waals surface area contributed by atoms with Gasteiger partial charge in [-0.15, -0.1) is 0 Å². The number of carbonyl (C=O) groups excluding carboxylic acids is 1. The molecule has 1 aromatic heterocycles. The fraction of sp³-hybridized carbons (Fsp3) is 0.438. The van der Waals surface area contributed by atoms with Crippen molar-refractivity contribution in [2.45, 2.75) is 39.8 Å². The van der Waals surface area contributed by atoms with Crippen LogP contribution in [0.3, 0.4) is 0 Å². The lowest BCUT2D eigenvalue weighted by molar-refractivity contribution is 0.0885. The molecule has 0 bridgehead atoms. The molecule has 1 N–H and O–H groups in total. The number of rotatable bonds is 7. The average Bonchev–Trinajstić information content (AvgIpc) is 2.82. The van der Waals surface area contributed by atoms with Crippen LogP contribution in [0.4, 0.5) is 0 Å². The Hall–Kier alpha value is -2.21. The van der Waals surface area contributed by atoms with Crippen molar-refractivity contribution in [3.8, 4) is 5.75 Å². The largest absolute Gasteiger partial charge is 0.491 e. The molecule has 0 aliphatic heterocycles. The van der Waals surface area contributed by atoms with Gasteiger partial charge < -0.3 is 9.84 Å². The number of aliphatic hydroxyl groups is 1. The lowest BCUT2D eigenvalue weighted by atomic mass is 10.1. The quantitative estimate of drug-likeness (QED) is 0.791. The van der Waals surface area contributed by atoms with Crippen molar-refractivity contribution >= 4 is 5.78 Å². The molecule has 1 atom stereocenters. The third kappa shape index (κ3) is 4.14. The van der Waals surface area contributed by atoms with Gasteiger partial charge in [0.2, 0.25) is 0 Å². The number of hydrogen-bond donors (Lipinski definition) is 1. The van der Waals surface area contributed by atoms with E-state index in [1.165, 1.54) is 0 Å². The molecule has 0 aliphatic carbocycles. The SMILES string of the molecule is CCC(=O)c1ccc(OC[C@@H](O)Cn2nc(C)nc2C)cc1. The van der Waals surface area contributed by atoms with Crippen LogP contribution < -0.4 is 4.74 Å². The highest BCUT2D eigenvalue weighted by molar-refractivity contribution is 5.95.